The molecule has 5 heterocycles. The van der Waals surface area contributed by atoms with Crippen LogP contribution in [0.3, 0.4) is 0 Å². The Morgan fingerprint density at radius 3 is 1.90 bits per heavy atom. The maximum absolute atomic E-state index is 4.88. The Kier molecular flexibility index (Phi) is 4.94. The first-order chi connectivity index (χ1) is 19.2. The Morgan fingerprint density at radius 1 is 0.513 bits per heavy atom. The highest BCUT2D eigenvalue weighted by atomic mass is 79.9. The van der Waals surface area contributed by atoms with Gasteiger partial charge in [0.1, 0.15) is 0 Å². The quantitative estimate of drug-likeness (QED) is 0.195. The summed E-state index contributed by atoms with van der Waals surface area (Å²) in [5.41, 5.74) is 9.92. The highest BCUT2D eigenvalue weighted by molar-refractivity contribution is 9.10. The van der Waals surface area contributed by atoms with Crippen LogP contribution in [0.4, 0.5) is 0 Å². The average molecular weight is 565 g/mol. The summed E-state index contributed by atoms with van der Waals surface area (Å²) in [5, 5.41) is 4.80. The van der Waals surface area contributed by atoms with Gasteiger partial charge in [-0.15, -0.1) is 0 Å². The number of nitrogens with one attached hydrogen (secondary N) is 2. The third-order valence-electron chi connectivity index (χ3n) is 7.28. The molecule has 3 aromatic carbocycles. The fourth-order valence-corrected chi connectivity index (χ4v) is 6.33. The largest absolute Gasteiger partial charge is 0.355 e. The van der Waals surface area contributed by atoms with Gasteiger partial charge in [0, 0.05) is 37.5 Å². The maximum Gasteiger partial charge on any atom is 0.0658 e. The van der Waals surface area contributed by atoms with Crippen molar-refractivity contribution in [3.63, 3.8) is 0 Å². The van der Waals surface area contributed by atoms with Gasteiger partial charge in [0.15, 0.2) is 0 Å². The van der Waals surface area contributed by atoms with Crippen LogP contribution < -0.4 is 0 Å². The third kappa shape index (κ3) is 3.90. The van der Waals surface area contributed by atoms with Crippen LogP contribution in [0.5, 0.6) is 0 Å². The van der Waals surface area contributed by atoms with E-state index in [0.717, 1.165) is 60.4 Å². The summed E-state index contributed by atoms with van der Waals surface area (Å²) < 4.78 is 1.11. The molecule has 5 heteroatoms. The van der Waals surface area contributed by atoms with Gasteiger partial charge < -0.3 is 9.97 Å². The van der Waals surface area contributed by atoms with E-state index >= 15 is 0 Å². The van der Waals surface area contributed by atoms with Crippen LogP contribution >= 0.6 is 15.9 Å². The molecule has 2 aliphatic rings. The Hall–Kier alpha value is -4.74. The molecule has 39 heavy (non-hydrogen) atoms. The van der Waals surface area contributed by atoms with Crippen LogP contribution in [-0.2, 0) is 0 Å². The lowest BCUT2D eigenvalue weighted by atomic mass is 9.96. The molecule has 0 atom stereocenters. The highest BCUT2D eigenvalue weighted by Gasteiger charge is 2.14. The molecule has 4 nitrogen and oxygen atoms in total. The summed E-state index contributed by atoms with van der Waals surface area (Å²) >= 11 is 3.96. The summed E-state index contributed by atoms with van der Waals surface area (Å²) in [6.45, 7) is 0. The van der Waals surface area contributed by atoms with E-state index in [-0.39, 0.29) is 0 Å². The van der Waals surface area contributed by atoms with Crippen molar-refractivity contribution >= 4 is 83.8 Å². The number of aromatic amines is 2. The van der Waals surface area contributed by atoms with E-state index in [0.29, 0.717) is 0 Å². The maximum atomic E-state index is 4.88. The molecular weight excluding hydrogens is 544 g/mol. The van der Waals surface area contributed by atoms with Gasteiger partial charge >= 0.3 is 0 Å². The van der Waals surface area contributed by atoms with Crippen molar-refractivity contribution in [2.75, 3.05) is 0 Å². The molecule has 8 bridgehead atoms. The lowest BCUT2D eigenvalue weighted by molar-refractivity contribution is 1.31. The highest BCUT2D eigenvalue weighted by Crippen LogP contribution is 2.40. The van der Waals surface area contributed by atoms with E-state index in [1.54, 1.807) is 0 Å². The summed E-state index contributed by atoms with van der Waals surface area (Å²) in [7, 11) is 0. The zero-order chi connectivity index (χ0) is 25.9. The number of nitrogens with zero attached hydrogens (tertiary/aromatic N) is 2. The average Bonchev–Trinajstić information content (AvgIpc) is 3.74. The Labute approximate surface area is 232 Å². The first kappa shape index (κ1) is 22.3. The van der Waals surface area contributed by atoms with Crippen molar-refractivity contribution < 1.29 is 0 Å². The van der Waals surface area contributed by atoms with Gasteiger partial charge in [-0.05, 0) is 110 Å². The molecule has 0 aliphatic carbocycles. The van der Waals surface area contributed by atoms with Crippen molar-refractivity contribution in [1.82, 2.24) is 19.9 Å². The zero-order valence-electron chi connectivity index (χ0n) is 20.7. The lowest BCUT2D eigenvalue weighted by Gasteiger charge is -2.11. The molecule has 2 N–H and O–H groups in total. The van der Waals surface area contributed by atoms with Crippen molar-refractivity contribution in [2.24, 2.45) is 0 Å². The zero-order valence-corrected chi connectivity index (χ0v) is 22.3. The minimum Gasteiger partial charge on any atom is -0.355 e. The Morgan fingerprint density at radius 2 is 1.15 bits per heavy atom. The smallest absolute Gasteiger partial charge is 0.0658 e. The molecule has 184 valence electrons. The molecule has 8 rings (SSSR count). The number of benzene rings is 3. The van der Waals surface area contributed by atoms with Gasteiger partial charge in [-0.25, -0.2) is 9.97 Å². The van der Waals surface area contributed by atoms with Crippen LogP contribution in [0.25, 0.3) is 79.0 Å². The summed E-state index contributed by atoms with van der Waals surface area (Å²) in [4.78, 5) is 16.8. The minimum atomic E-state index is 0.903. The molecule has 0 radical (unpaired) electrons. The lowest BCUT2D eigenvalue weighted by Crippen LogP contribution is -1.85. The second kappa shape index (κ2) is 8.65. The molecule has 0 saturated carbocycles. The number of hydrogen-bond acceptors (Lipinski definition) is 2. The molecular formula is C34H21BrN4. The number of rotatable bonds is 1. The topological polar surface area (TPSA) is 57.4 Å². The summed E-state index contributed by atoms with van der Waals surface area (Å²) in [5.74, 6) is 0. The number of aromatic nitrogens is 4. The third-order valence-corrected chi connectivity index (χ3v) is 8.11. The van der Waals surface area contributed by atoms with E-state index in [4.69, 9.17) is 9.97 Å². The summed E-state index contributed by atoms with van der Waals surface area (Å²) in [6.07, 6.45) is 8.21. The van der Waals surface area contributed by atoms with Gasteiger partial charge in [0.2, 0.25) is 0 Å². The van der Waals surface area contributed by atoms with E-state index in [2.05, 4.69) is 135 Å². The molecule has 0 saturated heterocycles. The second-order valence-corrected chi connectivity index (χ2v) is 10.7. The summed E-state index contributed by atoms with van der Waals surface area (Å²) in [6, 6.07) is 32.0. The molecule has 0 fully saturated rings. The monoisotopic (exact) mass is 564 g/mol. The van der Waals surface area contributed by atoms with Gasteiger partial charge in [0.05, 0.1) is 22.8 Å². The standard InChI is InChI=1S/C34H21BrN4/c35-34-29-6-2-1-4-20(29)14-21-5-3-7-30(33(21)34)31-18-28-17-26-11-10-24(37-26)15-22-8-9-23(36-22)16-25-12-13-27(38-25)19-32(31)39-28/h1-19,36,39H. The molecule has 0 spiro atoms. The van der Waals surface area contributed by atoms with Gasteiger partial charge in [-0.2, -0.15) is 0 Å². The minimum absolute atomic E-state index is 0.903. The molecule has 2 aliphatic heterocycles. The van der Waals surface area contributed by atoms with Crippen molar-refractivity contribution in [3.8, 4) is 11.1 Å². The number of hydrogen-bond donors (Lipinski definition) is 2. The fraction of sp³-hybridized carbons (Fsp3) is 0. The normalized spacial score (nSPS) is 12.5. The Bertz CT molecular complexity index is 2200. The van der Waals surface area contributed by atoms with Gasteiger partial charge in [-0.1, -0.05) is 42.5 Å². The van der Waals surface area contributed by atoms with Crippen LogP contribution in [0.15, 0.2) is 95.5 Å². The molecule has 0 amide bonds. The second-order valence-electron chi connectivity index (χ2n) is 9.90. The van der Waals surface area contributed by atoms with E-state index in [1.165, 1.54) is 21.5 Å². The molecule has 0 unspecified atom stereocenters. The van der Waals surface area contributed by atoms with Crippen LogP contribution in [0, 0.1) is 0 Å². The van der Waals surface area contributed by atoms with Gasteiger partial charge in [-0.3, -0.25) is 0 Å². The predicted octanol–water partition coefficient (Wildman–Crippen LogP) is 9.39. The van der Waals surface area contributed by atoms with Crippen LogP contribution in [0.2, 0.25) is 0 Å². The molecule has 6 aromatic rings. The Balaban J connectivity index is 1.46. The van der Waals surface area contributed by atoms with E-state index in [1.807, 2.05) is 6.08 Å². The fourth-order valence-electron chi connectivity index (χ4n) is 5.53. The van der Waals surface area contributed by atoms with E-state index < -0.39 is 0 Å². The SMILES string of the molecule is Brc1c2ccccc2cc2cccc(-c3cc4cc5nc(cc6ccc(cc7nc(cc3[nH]4)C=C7)[nH]6)C=C5)c12. The predicted molar refractivity (Wildman–Crippen MR) is 167 cm³/mol. The number of fused-ring (bicyclic) bond motifs is 10. The van der Waals surface area contributed by atoms with Crippen LogP contribution in [0.1, 0.15) is 22.8 Å². The molecule has 3 aromatic heterocycles. The first-order valence-corrected chi connectivity index (χ1v) is 13.6. The van der Waals surface area contributed by atoms with E-state index in [9.17, 15) is 0 Å². The first-order valence-electron chi connectivity index (χ1n) is 12.9. The van der Waals surface area contributed by atoms with Crippen molar-refractivity contribution in [3.05, 3.63) is 118 Å². The number of H-pyrrole nitrogens is 2. The number of halogens is 1. The van der Waals surface area contributed by atoms with Crippen molar-refractivity contribution in [1.29, 1.82) is 0 Å². The van der Waals surface area contributed by atoms with Crippen molar-refractivity contribution in [2.45, 2.75) is 0 Å². The van der Waals surface area contributed by atoms with Gasteiger partial charge in [0.25, 0.3) is 0 Å². The van der Waals surface area contributed by atoms with Crippen LogP contribution in [-0.4, -0.2) is 19.9 Å².